The van der Waals surface area contributed by atoms with E-state index in [0.29, 0.717) is 5.75 Å². The summed E-state index contributed by atoms with van der Waals surface area (Å²) < 4.78 is 19.1. The van der Waals surface area contributed by atoms with Crippen LogP contribution in [0.3, 0.4) is 0 Å². The Kier molecular flexibility index (Phi) is 2.19. The summed E-state index contributed by atoms with van der Waals surface area (Å²) in [5, 5.41) is 3.11. The molecule has 0 amide bonds. The molecule has 0 radical (unpaired) electrons. The fourth-order valence-electron chi connectivity index (χ4n) is 1.54. The van der Waals surface area contributed by atoms with Gasteiger partial charge in [-0.25, -0.2) is 4.39 Å². The Hall–Kier alpha value is -1.09. The van der Waals surface area contributed by atoms with Crippen molar-refractivity contribution in [2.75, 3.05) is 13.1 Å². The van der Waals surface area contributed by atoms with Gasteiger partial charge in [-0.1, -0.05) is 12.1 Å². The molecule has 1 saturated heterocycles. The van der Waals surface area contributed by atoms with Gasteiger partial charge in [-0.15, -0.1) is 0 Å². The third kappa shape index (κ3) is 1.60. The Balaban J connectivity index is 2.23. The zero-order valence-electron chi connectivity index (χ0n) is 8.43. The number of halogens is 1. The molecule has 2 nitrogen and oxygen atoms in total. The first-order valence-corrected chi connectivity index (χ1v) is 4.76. The van der Waals surface area contributed by atoms with Crippen molar-refractivity contribution in [3.63, 3.8) is 0 Å². The van der Waals surface area contributed by atoms with E-state index in [4.69, 9.17) is 4.74 Å². The summed E-state index contributed by atoms with van der Waals surface area (Å²) in [7, 11) is 0. The van der Waals surface area contributed by atoms with Crippen molar-refractivity contribution in [1.29, 1.82) is 0 Å². The number of para-hydroxylation sites is 1. The summed E-state index contributed by atoms with van der Waals surface area (Å²) in [6.45, 7) is 5.39. The van der Waals surface area contributed by atoms with Gasteiger partial charge in [0.1, 0.15) is 5.60 Å². The van der Waals surface area contributed by atoms with Crippen LogP contribution in [0.15, 0.2) is 18.2 Å². The molecular weight excluding hydrogens is 181 g/mol. The van der Waals surface area contributed by atoms with Crippen molar-refractivity contribution in [1.82, 2.24) is 5.32 Å². The van der Waals surface area contributed by atoms with E-state index < -0.39 is 0 Å². The minimum Gasteiger partial charge on any atom is -0.482 e. The van der Waals surface area contributed by atoms with Gasteiger partial charge >= 0.3 is 0 Å². The van der Waals surface area contributed by atoms with Crippen LogP contribution in [-0.2, 0) is 0 Å². The van der Waals surface area contributed by atoms with E-state index >= 15 is 0 Å². The van der Waals surface area contributed by atoms with E-state index in [2.05, 4.69) is 5.32 Å². The third-order valence-electron chi connectivity index (χ3n) is 2.51. The summed E-state index contributed by atoms with van der Waals surface area (Å²) >= 11 is 0. The smallest absolute Gasteiger partial charge is 0.165 e. The van der Waals surface area contributed by atoms with Crippen LogP contribution >= 0.6 is 0 Å². The van der Waals surface area contributed by atoms with Crippen LogP contribution in [0.4, 0.5) is 4.39 Å². The normalized spacial score (nSPS) is 18.8. The fourth-order valence-corrected chi connectivity index (χ4v) is 1.54. The largest absolute Gasteiger partial charge is 0.482 e. The van der Waals surface area contributed by atoms with Crippen molar-refractivity contribution in [2.24, 2.45) is 0 Å². The van der Waals surface area contributed by atoms with Crippen molar-refractivity contribution in [3.8, 4) is 5.75 Å². The summed E-state index contributed by atoms with van der Waals surface area (Å²) in [5.41, 5.74) is 0.602. The molecule has 0 atom stereocenters. The van der Waals surface area contributed by atoms with Crippen LogP contribution < -0.4 is 10.1 Å². The van der Waals surface area contributed by atoms with Crippen LogP contribution in [0, 0.1) is 12.7 Å². The van der Waals surface area contributed by atoms with Crippen molar-refractivity contribution in [3.05, 3.63) is 29.6 Å². The third-order valence-corrected chi connectivity index (χ3v) is 2.51. The molecule has 0 aliphatic carbocycles. The monoisotopic (exact) mass is 195 g/mol. The molecule has 1 aliphatic heterocycles. The number of ether oxygens (including phenoxy) is 1. The number of rotatable bonds is 2. The number of hydrogen-bond acceptors (Lipinski definition) is 2. The first kappa shape index (κ1) is 9.46. The second-order valence-corrected chi connectivity index (χ2v) is 4.04. The fraction of sp³-hybridized carbons (Fsp3) is 0.455. The minimum atomic E-state index is -0.280. The summed E-state index contributed by atoms with van der Waals surface area (Å²) in [6, 6.07) is 4.98. The van der Waals surface area contributed by atoms with Crippen LogP contribution in [0.2, 0.25) is 0 Å². The average molecular weight is 195 g/mol. The first-order valence-electron chi connectivity index (χ1n) is 4.76. The Morgan fingerprint density at radius 3 is 2.64 bits per heavy atom. The van der Waals surface area contributed by atoms with E-state index in [0.717, 1.165) is 18.7 Å². The molecule has 1 fully saturated rings. The van der Waals surface area contributed by atoms with Gasteiger partial charge in [0.25, 0.3) is 0 Å². The maximum Gasteiger partial charge on any atom is 0.165 e. The van der Waals surface area contributed by atoms with Gasteiger partial charge in [0.05, 0.1) is 0 Å². The summed E-state index contributed by atoms with van der Waals surface area (Å²) in [6.07, 6.45) is 0. The van der Waals surface area contributed by atoms with Gasteiger partial charge in [0.15, 0.2) is 11.6 Å². The number of nitrogens with one attached hydrogen (secondary N) is 1. The molecule has 1 aromatic carbocycles. The highest BCUT2D eigenvalue weighted by molar-refractivity contribution is 5.34. The number of aryl methyl sites for hydroxylation is 1. The van der Waals surface area contributed by atoms with Crippen molar-refractivity contribution in [2.45, 2.75) is 19.4 Å². The lowest BCUT2D eigenvalue weighted by molar-refractivity contribution is 0.0305. The van der Waals surface area contributed by atoms with Crippen LogP contribution in [0.25, 0.3) is 0 Å². The van der Waals surface area contributed by atoms with Gasteiger partial charge in [0.2, 0.25) is 0 Å². The first-order chi connectivity index (χ1) is 6.61. The molecule has 0 spiro atoms. The lowest BCUT2D eigenvalue weighted by atomic mass is 10.00. The van der Waals surface area contributed by atoms with Crippen LogP contribution in [-0.4, -0.2) is 18.7 Å². The van der Waals surface area contributed by atoms with Gasteiger partial charge in [-0.05, 0) is 25.5 Å². The molecule has 1 heterocycles. The van der Waals surface area contributed by atoms with E-state index in [9.17, 15) is 4.39 Å². The lowest BCUT2D eigenvalue weighted by Gasteiger charge is -2.39. The van der Waals surface area contributed by atoms with Gasteiger partial charge in [-0.2, -0.15) is 0 Å². The molecule has 1 N–H and O–H groups in total. The maximum atomic E-state index is 13.4. The van der Waals surface area contributed by atoms with Gasteiger partial charge < -0.3 is 10.1 Å². The second-order valence-electron chi connectivity index (χ2n) is 4.04. The standard InChI is InChI=1S/C11H14FNO/c1-8-4-3-5-9(12)10(8)14-11(2)6-13-7-11/h3-5,13H,6-7H2,1-2H3. The molecule has 0 aromatic heterocycles. The molecule has 0 unspecified atom stereocenters. The highest BCUT2D eigenvalue weighted by Gasteiger charge is 2.34. The van der Waals surface area contributed by atoms with Crippen molar-refractivity contribution < 1.29 is 9.13 Å². The van der Waals surface area contributed by atoms with Crippen molar-refractivity contribution >= 4 is 0 Å². The number of benzene rings is 1. The van der Waals surface area contributed by atoms with E-state index in [1.807, 2.05) is 19.9 Å². The Labute approximate surface area is 83.1 Å². The molecule has 2 rings (SSSR count). The summed E-state index contributed by atoms with van der Waals surface area (Å²) in [4.78, 5) is 0. The molecule has 3 heteroatoms. The molecule has 0 saturated carbocycles. The molecular formula is C11H14FNO. The SMILES string of the molecule is Cc1cccc(F)c1OC1(C)CNC1. The van der Waals surface area contributed by atoms with E-state index in [1.54, 1.807) is 6.07 Å². The second kappa shape index (κ2) is 3.24. The predicted octanol–water partition coefficient (Wildman–Crippen LogP) is 1.87. The maximum absolute atomic E-state index is 13.4. The molecule has 0 bridgehead atoms. The van der Waals surface area contributed by atoms with E-state index in [1.165, 1.54) is 6.07 Å². The van der Waals surface area contributed by atoms with Crippen LogP contribution in [0.1, 0.15) is 12.5 Å². The topological polar surface area (TPSA) is 21.3 Å². The zero-order chi connectivity index (χ0) is 10.2. The lowest BCUT2D eigenvalue weighted by Crippen LogP contribution is -2.61. The Morgan fingerprint density at radius 2 is 2.14 bits per heavy atom. The highest BCUT2D eigenvalue weighted by Crippen LogP contribution is 2.27. The molecule has 1 aliphatic rings. The predicted molar refractivity (Wildman–Crippen MR) is 53.0 cm³/mol. The van der Waals surface area contributed by atoms with Crippen LogP contribution in [0.5, 0.6) is 5.75 Å². The average Bonchev–Trinajstić information content (AvgIpc) is 2.09. The van der Waals surface area contributed by atoms with E-state index in [-0.39, 0.29) is 11.4 Å². The quantitative estimate of drug-likeness (QED) is 0.778. The Bertz CT molecular complexity index is 327. The minimum absolute atomic E-state index is 0.243. The van der Waals surface area contributed by atoms with Gasteiger partial charge in [-0.3, -0.25) is 0 Å². The molecule has 76 valence electrons. The molecule has 14 heavy (non-hydrogen) atoms. The molecule has 1 aromatic rings. The highest BCUT2D eigenvalue weighted by atomic mass is 19.1. The number of hydrogen-bond donors (Lipinski definition) is 1. The summed E-state index contributed by atoms with van der Waals surface area (Å²) in [5.74, 6) is 0.106. The Morgan fingerprint density at radius 1 is 1.43 bits per heavy atom. The zero-order valence-corrected chi connectivity index (χ0v) is 8.43. The van der Waals surface area contributed by atoms with Gasteiger partial charge in [0, 0.05) is 13.1 Å².